The summed E-state index contributed by atoms with van der Waals surface area (Å²) in [4.78, 5) is 25.6. The number of amides is 1. The normalized spacial score (nSPS) is 15.0. The highest BCUT2D eigenvalue weighted by Gasteiger charge is 2.28. The second kappa shape index (κ2) is 9.03. The van der Waals surface area contributed by atoms with Gasteiger partial charge in [-0.1, -0.05) is 35.0 Å². The summed E-state index contributed by atoms with van der Waals surface area (Å²) in [6.07, 6.45) is 0.963. The van der Waals surface area contributed by atoms with E-state index >= 15 is 0 Å². The number of benzene rings is 2. The molecule has 9 nitrogen and oxygen atoms in total. The molecule has 0 saturated carbocycles. The number of para-hydroxylation sites is 1. The Morgan fingerprint density at radius 1 is 1.00 bits per heavy atom. The molecule has 0 unspecified atom stereocenters. The molecular formula is C23H22ClN7O2. The Kier molecular flexibility index (Phi) is 5.78. The van der Waals surface area contributed by atoms with Crippen molar-refractivity contribution in [3.05, 3.63) is 65.9 Å². The van der Waals surface area contributed by atoms with E-state index in [2.05, 4.69) is 25.2 Å². The number of hydrogen-bond donors (Lipinski definition) is 0. The third-order valence-electron chi connectivity index (χ3n) is 5.58. The number of nitrogens with zero attached hydrogens (tertiary/aromatic N) is 7. The van der Waals surface area contributed by atoms with Gasteiger partial charge < -0.3 is 14.5 Å². The second-order valence-electron chi connectivity index (χ2n) is 7.73. The molecule has 1 aliphatic rings. The fraction of sp³-hybridized carbons (Fsp3) is 0.261. The van der Waals surface area contributed by atoms with Gasteiger partial charge in [0.1, 0.15) is 12.1 Å². The van der Waals surface area contributed by atoms with Crippen molar-refractivity contribution in [2.24, 2.45) is 0 Å². The minimum atomic E-state index is -0.552. The Labute approximate surface area is 195 Å². The number of halogens is 1. The van der Waals surface area contributed by atoms with Crippen LogP contribution in [0.2, 0.25) is 5.02 Å². The van der Waals surface area contributed by atoms with Crippen molar-refractivity contribution in [2.75, 3.05) is 31.1 Å². The number of anilines is 1. The van der Waals surface area contributed by atoms with Crippen LogP contribution in [-0.4, -0.2) is 68.1 Å². The van der Waals surface area contributed by atoms with Crippen molar-refractivity contribution in [2.45, 2.75) is 13.0 Å². The minimum absolute atomic E-state index is 0.0278. The molecule has 10 heteroatoms. The number of carbonyl (C=O) groups is 1. The molecule has 33 heavy (non-hydrogen) atoms. The lowest BCUT2D eigenvalue weighted by Gasteiger charge is -2.36. The number of ether oxygens (including phenoxy) is 1. The Balaban J connectivity index is 1.28. The molecule has 0 bridgehead atoms. The quantitative estimate of drug-likeness (QED) is 0.449. The van der Waals surface area contributed by atoms with Gasteiger partial charge in [0.05, 0.1) is 5.69 Å². The molecule has 0 radical (unpaired) electrons. The van der Waals surface area contributed by atoms with Gasteiger partial charge in [-0.2, -0.15) is 4.68 Å². The highest BCUT2D eigenvalue weighted by atomic mass is 35.5. The van der Waals surface area contributed by atoms with Crippen molar-refractivity contribution in [3.63, 3.8) is 0 Å². The number of rotatable bonds is 5. The van der Waals surface area contributed by atoms with Crippen LogP contribution in [0.5, 0.6) is 5.75 Å². The number of aromatic nitrogens is 5. The van der Waals surface area contributed by atoms with E-state index in [0.717, 1.165) is 5.69 Å². The Bertz CT molecular complexity index is 1260. The maximum atomic E-state index is 12.9. The highest BCUT2D eigenvalue weighted by Crippen LogP contribution is 2.24. The molecule has 1 atom stereocenters. The van der Waals surface area contributed by atoms with E-state index in [4.69, 9.17) is 16.3 Å². The standard InChI is InChI=1S/C23H22ClN7O2/c1-16(33-19-5-3-2-4-6-19)23(32)30-13-11-29(12-14-30)21-20-22(26-15-25-21)31(28-27-20)18-9-7-17(24)8-10-18/h2-10,15-16H,11-14H2,1H3/t16-/m0/s1. The zero-order chi connectivity index (χ0) is 22.8. The first-order valence-corrected chi connectivity index (χ1v) is 11.1. The summed E-state index contributed by atoms with van der Waals surface area (Å²) in [7, 11) is 0. The lowest BCUT2D eigenvalue weighted by atomic mass is 10.2. The number of fused-ring (bicyclic) bond motifs is 1. The zero-order valence-corrected chi connectivity index (χ0v) is 18.8. The van der Waals surface area contributed by atoms with Crippen LogP contribution in [-0.2, 0) is 4.79 Å². The molecule has 2 aromatic carbocycles. The lowest BCUT2D eigenvalue weighted by Crippen LogP contribution is -2.52. The summed E-state index contributed by atoms with van der Waals surface area (Å²) in [6, 6.07) is 16.7. The smallest absolute Gasteiger partial charge is 0.263 e. The van der Waals surface area contributed by atoms with Gasteiger partial charge in [-0.3, -0.25) is 4.79 Å². The van der Waals surface area contributed by atoms with Crippen LogP contribution in [0.1, 0.15) is 6.92 Å². The Hall–Kier alpha value is -3.72. The van der Waals surface area contributed by atoms with E-state index < -0.39 is 6.10 Å². The molecule has 0 aliphatic carbocycles. The van der Waals surface area contributed by atoms with Crippen LogP contribution in [0.3, 0.4) is 0 Å². The first kappa shape index (κ1) is 21.1. The first-order chi connectivity index (χ1) is 16.1. The summed E-state index contributed by atoms with van der Waals surface area (Å²) < 4.78 is 7.46. The van der Waals surface area contributed by atoms with E-state index in [-0.39, 0.29) is 5.91 Å². The van der Waals surface area contributed by atoms with E-state index in [1.54, 1.807) is 23.7 Å². The molecule has 1 amide bonds. The van der Waals surface area contributed by atoms with Gasteiger partial charge in [0.25, 0.3) is 5.91 Å². The van der Waals surface area contributed by atoms with Gasteiger partial charge in [-0.05, 0) is 43.3 Å². The van der Waals surface area contributed by atoms with Crippen molar-refractivity contribution < 1.29 is 9.53 Å². The van der Waals surface area contributed by atoms with Crippen LogP contribution in [0.25, 0.3) is 16.9 Å². The fourth-order valence-electron chi connectivity index (χ4n) is 3.87. The molecule has 1 saturated heterocycles. The average Bonchev–Trinajstić information content (AvgIpc) is 3.29. The molecule has 4 aromatic rings. The molecule has 0 N–H and O–H groups in total. The third-order valence-corrected chi connectivity index (χ3v) is 5.84. The Morgan fingerprint density at radius 2 is 1.73 bits per heavy atom. The maximum absolute atomic E-state index is 12.9. The number of hydrogen-bond acceptors (Lipinski definition) is 7. The largest absolute Gasteiger partial charge is 0.481 e. The van der Waals surface area contributed by atoms with Gasteiger partial charge in [0, 0.05) is 31.2 Å². The first-order valence-electron chi connectivity index (χ1n) is 10.7. The van der Waals surface area contributed by atoms with E-state index in [1.165, 1.54) is 6.33 Å². The monoisotopic (exact) mass is 463 g/mol. The van der Waals surface area contributed by atoms with Gasteiger partial charge >= 0.3 is 0 Å². The predicted molar refractivity (Wildman–Crippen MR) is 125 cm³/mol. The summed E-state index contributed by atoms with van der Waals surface area (Å²) >= 11 is 6.00. The van der Waals surface area contributed by atoms with Crippen molar-refractivity contribution in [1.82, 2.24) is 29.9 Å². The zero-order valence-electron chi connectivity index (χ0n) is 18.0. The molecule has 5 rings (SSSR count). The van der Waals surface area contributed by atoms with Crippen molar-refractivity contribution in [3.8, 4) is 11.4 Å². The van der Waals surface area contributed by atoms with E-state index in [1.807, 2.05) is 47.4 Å². The van der Waals surface area contributed by atoms with Gasteiger partial charge in [-0.15, -0.1) is 5.10 Å². The van der Waals surface area contributed by atoms with Crippen LogP contribution in [0.4, 0.5) is 5.82 Å². The molecule has 0 spiro atoms. The molecule has 2 aromatic heterocycles. The van der Waals surface area contributed by atoms with Gasteiger partial charge in [-0.25, -0.2) is 9.97 Å². The number of carbonyl (C=O) groups excluding carboxylic acids is 1. The highest BCUT2D eigenvalue weighted by molar-refractivity contribution is 6.30. The summed E-state index contributed by atoms with van der Waals surface area (Å²) in [5, 5.41) is 9.25. The van der Waals surface area contributed by atoms with Crippen LogP contribution in [0.15, 0.2) is 60.9 Å². The predicted octanol–water partition coefficient (Wildman–Crippen LogP) is 2.98. The molecule has 3 heterocycles. The average molecular weight is 464 g/mol. The summed E-state index contributed by atoms with van der Waals surface area (Å²) in [5.41, 5.74) is 2.05. The topological polar surface area (TPSA) is 89.3 Å². The minimum Gasteiger partial charge on any atom is -0.481 e. The fourth-order valence-corrected chi connectivity index (χ4v) is 4.00. The van der Waals surface area contributed by atoms with Crippen molar-refractivity contribution >= 4 is 34.5 Å². The molecule has 168 valence electrons. The lowest BCUT2D eigenvalue weighted by molar-refractivity contribution is -0.138. The summed E-state index contributed by atoms with van der Waals surface area (Å²) in [6.45, 7) is 4.18. The SMILES string of the molecule is C[C@H](Oc1ccccc1)C(=O)N1CCN(c2ncnc3c2nnn3-c2ccc(Cl)cc2)CC1. The second-order valence-corrected chi connectivity index (χ2v) is 8.17. The van der Waals surface area contributed by atoms with Crippen LogP contribution in [0, 0.1) is 0 Å². The Morgan fingerprint density at radius 3 is 2.45 bits per heavy atom. The van der Waals surface area contributed by atoms with E-state index in [0.29, 0.717) is 53.9 Å². The van der Waals surface area contributed by atoms with Gasteiger partial charge in [0.2, 0.25) is 0 Å². The third kappa shape index (κ3) is 4.31. The number of piperazine rings is 1. The molecular weight excluding hydrogens is 442 g/mol. The summed E-state index contributed by atoms with van der Waals surface area (Å²) in [5.74, 6) is 1.37. The molecule has 1 fully saturated rings. The van der Waals surface area contributed by atoms with Gasteiger partial charge in [0.15, 0.2) is 23.1 Å². The maximum Gasteiger partial charge on any atom is 0.263 e. The molecule has 1 aliphatic heterocycles. The van der Waals surface area contributed by atoms with E-state index in [9.17, 15) is 4.79 Å². The van der Waals surface area contributed by atoms with Crippen LogP contribution < -0.4 is 9.64 Å². The van der Waals surface area contributed by atoms with Crippen LogP contribution >= 0.6 is 11.6 Å². The van der Waals surface area contributed by atoms with Crippen molar-refractivity contribution in [1.29, 1.82) is 0 Å².